The van der Waals surface area contributed by atoms with Crippen LogP contribution < -0.4 is 9.47 Å². The van der Waals surface area contributed by atoms with Crippen molar-refractivity contribution in [2.75, 3.05) is 0 Å². The molecule has 0 N–H and O–H groups in total. The van der Waals surface area contributed by atoms with Gasteiger partial charge in [-0.2, -0.15) is 0 Å². The number of benzene rings is 3. The van der Waals surface area contributed by atoms with Crippen molar-refractivity contribution < 1.29 is 18.3 Å². The summed E-state index contributed by atoms with van der Waals surface area (Å²) in [5.74, 6) is 0.130. The molecular formula is C34H44O4Si2. The Morgan fingerprint density at radius 3 is 1.62 bits per heavy atom. The number of hydrogen-bond acceptors (Lipinski definition) is 4. The Morgan fingerprint density at radius 2 is 1.18 bits per heavy atom. The lowest BCUT2D eigenvalue weighted by molar-refractivity contribution is -0.333. The number of unbranched alkanes of at least 4 members (excludes halogenated alkanes) is 3. The lowest BCUT2D eigenvalue weighted by Crippen LogP contribution is -2.58. The fraction of sp³-hybridized carbons (Fsp3) is 0.471. The second-order valence-electron chi connectivity index (χ2n) is 12.1. The summed E-state index contributed by atoms with van der Waals surface area (Å²) in [5.41, 5.74) is 3.79. The third-order valence-electron chi connectivity index (χ3n) is 8.22. The molecule has 0 bridgehead atoms. The van der Waals surface area contributed by atoms with Gasteiger partial charge in [0.25, 0.3) is 21.0 Å². The molecular weight excluding hydrogens is 529 g/mol. The summed E-state index contributed by atoms with van der Waals surface area (Å²) in [6, 6.07) is 24.8. The fourth-order valence-corrected chi connectivity index (χ4v) is 5.37. The lowest BCUT2D eigenvalue weighted by Gasteiger charge is -2.50. The highest BCUT2D eigenvalue weighted by atomic mass is 28.2. The maximum Gasteiger partial charge on any atom is 0.312 e. The van der Waals surface area contributed by atoms with E-state index in [4.69, 9.17) is 18.3 Å². The molecule has 0 spiro atoms. The minimum absolute atomic E-state index is 0.196. The summed E-state index contributed by atoms with van der Waals surface area (Å²) in [6.45, 7) is 14.8. The van der Waals surface area contributed by atoms with Crippen molar-refractivity contribution in [1.82, 2.24) is 0 Å². The Hall–Kier alpha value is -2.39. The van der Waals surface area contributed by atoms with Crippen molar-refractivity contribution in [1.29, 1.82) is 0 Å². The quantitative estimate of drug-likeness (QED) is 0.110. The summed E-state index contributed by atoms with van der Waals surface area (Å²) in [4.78, 5) is 0. The zero-order chi connectivity index (χ0) is 29.4. The Kier molecular flexibility index (Phi) is 11.2. The van der Waals surface area contributed by atoms with E-state index in [2.05, 4.69) is 116 Å². The van der Waals surface area contributed by atoms with Gasteiger partial charge in [0, 0.05) is 0 Å². The summed E-state index contributed by atoms with van der Waals surface area (Å²) in [6.07, 6.45) is 6.34. The second-order valence-corrected chi connectivity index (χ2v) is 12.5. The molecule has 0 amide bonds. The van der Waals surface area contributed by atoms with Gasteiger partial charge in [-0.3, -0.25) is 0 Å². The second kappa shape index (κ2) is 14.0. The van der Waals surface area contributed by atoms with Gasteiger partial charge < -0.3 is 18.3 Å². The smallest absolute Gasteiger partial charge is 0.312 e. The van der Waals surface area contributed by atoms with Gasteiger partial charge in [-0.1, -0.05) is 109 Å². The number of ether oxygens (including phenoxy) is 2. The van der Waals surface area contributed by atoms with Crippen LogP contribution in [0.15, 0.2) is 72.8 Å². The number of rotatable bonds is 14. The van der Waals surface area contributed by atoms with Crippen LogP contribution in [-0.4, -0.2) is 33.0 Å². The van der Waals surface area contributed by atoms with Crippen molar-refractivity contribution in [3.8, 4) is 33.8 Å². The molecule has 0 aliphatic carbocycles. The molecule has 1 atom stereocenters. The fourth-order valence-electron chi connectivity index (χ4n) is 4.61. The third-order valence-corrected chi connectivity index (χ3v) is 8.76. The highest BCUT2D eigenvalue weighted by Gasteiger charge is 2.55. The van der Waals surface area contributed by atoms with Crippen LogP contribution in [0, 0.1) is 10.8 Å². The molecule has 3 rings (SSSR count). The van der Waals surface area contributed by atoms with Crippen LogP contribution in [-0.2, 0) is 8.85 Å². The van der Waals surface area contributed by atoms with Crippen molar-refractivity contribution in [3.63, 3.8) is 0 Å². The maximum absolute atomic E-state index is 6.32. The Labute approximate surface area is 248 Å². The molecule has 0 fully saturated rings. The minimum Gasteiger partial charge on any atom is -0.491 e. The molecule has 4 nitrogen and oxygen atoms in total. The molecule has 3 aromatic carbocycles. The zero-order valence-electron chi connectivity index (χ0n) is 25.2. The molecule has 0 saturated carbocycles. The predicted octanol–water partition coefficient (Wildman–Crippen LogP) is 9.06. The van der Waals surface area contributed by atoms with Crippen LogP contribution in [0.1, 0.15) is 80.6 Å². The van der Waals surface area contributed by atoms with Crippen molar-refractivity contribution in [2.45, 2.75) is 92.6 Å². The average molecular weight is 573 g/mol. The Morgan fingerprint density at radius 1 is 0.675 bits per heavy atom. The van der Waals surface area contributed by atoms with E-state index in [1.807, 2.05) is 26.0 Å². The Balaban J connectivity index is 1.79. The topological polar surface area (TPSA) is 36.9 Å². The van der Waals surface area contributed by atoms with Crippen LogP contribution >= 0.6 is 0 Å². The zero-order valence-corrected chi connectivity index (χ0v) is 27.2. The average Bonchev–Trinajstić information content (AvgIpc) is 2.94. The first kappa shape index (κ1) is 32.1. The summed E-state index contributed by atoms with van der Waals surface area (Å²) >= 11 is 0. The lowest BCUT2D eigenvalue weighted by atomic mass is 9.67. The number of hydrogen-bond donors (Lipinski definition) is 0. The van der Waals surface area contributed by atoms with E-state index < -0.39 is 11.4 Å². The highest BCUT2D eigenvalue weighted by Crippen LogP contribution is 2.49. The SMILES string of the molecule is CCCCCCC(C)Oc1ccc(-c2ccccc2-c2ccc(OC(O[Si])(O[Si])C(C)(C)C(C)(C)C)cc2)cc1. The van der Waals surface area contributed by atoms with E-state index in [1.54, 1.807) is 0 Å². The molecule has 0 heterocycles. The largest absolute Gasteiger partial charge is 0.491 e. The van der Waals surface area contributed by atoms with E-state index in [9.17, 15) is 0 Å². The predicted molar refractivity (Wildman–Crippen MR) is 166 cm³/mol. The first-order valence-electron chi connectivity index (χ1n) is 14.3. The van der Waals surface area contributed by atoms with Gasteiger partial charge in [0.2, 0.25) is 0 Å². The third kappa shape index (κ3) is 7.46. The van der Waals surface area contributed by atoms with Gasteiger partial charge in [0.05, 0.1) is 11.5 Å². The van der Waals surface area contributed by atoms with Gasteiger partial charge in [0.1, 0.15) is 11.5 Å². The normalized spacial score (nSPS) is 13.2. The van der Waals surface area contributed by atoms with Crippen molar-refractivity contribution >= 4 is 21.0 Å². The molecule has 1 unspecified atom stereocenters. The van der Waals surface area contributed by atoms with E-state index in [1.165, 1.54) is 25.7 Å². The van der Waals surface area contributed by atoms with Crippen LogP contribution in [0.2, 0.25) is 0 Å². The summed E-state index contributed by atoms with van der Waals surface area (Å²) < 4.78 is 23.8. The standard InChI is InChI=1S/C34H44O4Si2/c1-8-9-10-11-14-25(2)35-28-21-17-26(18-22-28)30-15-12-13-16-31(30)27-19-23-29(24-20-27)36-34(37-39,38-40)33(6,7)32(3,4)5/h12-13,15-25H,8-11,14H2,1-7H3. The molecule has 0 aliphatic heterocycles. The molecule has 0 saturated heterocycles. The van der Waals surface area contributed by atoms with Crippen LogP contribution in [0.25, 0.3) is 22.3 Å². The minimum atomic E-state index is -1.41. The monoisotopic (exact) mass is 572 g/mol. The summed E-state index contributed by atoms with van der Waals surface area (Å²) in [7, 11) is 6.42. The molecule has 6 heteroatoms. The van der Waals surface area contributed by atoms with Gasteiger partial charge in [-0.15, -0.1) is 0 Å². The molecule has 212 valence electrons. The van der Waals surface area contributed by atoms with Gasteiger partial charge in [0.15, 0.2) is 0 Å². The van der Waals surface area contributed by atoms with E-state index >= 15 is 0 Å². The molecule has 0 aliphatic rings. The van der Waals surface area contributed by atoms with Crippen LogP contribution in [0.5, 0.6) is 11.5 Å². The van der Waals surface area contributed by atoms with E-state index in [-0.39, 0.29) is 11.5 Å². The Bertz CT molecular complexity index is 1180. The van der Waals surface area contributed by atoms with Crippen molar-refractivity contribution in [2.24, 2.45) is 10.8 Å². The summed E-state index contributed by atoms with van der Waals surface area (Å²) in [5, 5.41) is 0. The molecule has 3 aromatic rings. The van der Waals surface area contributed by atoms with Crippen LogP contribution in [0.4, 0.5) is 0 Å². The maximum atomic E-state index is 6.32. The van der Waals surface area contributed by atoms with Gasteiger partial charge in [-0.05, 0) is 71.7 Å². The highest BCUT2D eigenvalue weighted by molar-refractivity contribution is 6.00. The first-order chi connectivity index (χ1) is 19.0. The van der Waals surface area contributed by atoms with E-state index in [0.717, 1.165) is 34.4 Å². The van der Waals surface area contributed by atoms with Gasteiger partial charge in [-0.25, -0.2) is 0 Å². The van der Waals surface area contributed by atoms with Gasteiger partial charge >= 0.3 is 5.97 Å². The molecule has 0 aromatic heterocycles. The van der Waals surface area contributed by atoms with Crippen LogP contribution in [0.3, 0.4) is 0 Å². The van der Waals surface area contributed by atoms with E-state index in [0.29, 0.717) is 5.75 Å². The first-order valence-corrected chi connectivity index (χ1v) is 15.1. The van der Waals surface area contributed by atoms with Crippen molar-refractivity contribution in [3.05, 3.63) is 72.8 Å². The molecule has 40 heavy (non-hydrogen) atoms. The molecule has 6 radical (unpaired) electrons.